The Balaban J connectivity index is 1.07. The predicted octanol–water partition coefficient (Wildman–Crippen LogP) is 15.4. The summed E-state index contributed by atoms with van der Waals surface area (Å²) in [4.78, 5) is 15.5. The van der Waals surface area contributed by atoms with Gasteiger partial charge >= 0.3 is 0 Å². The summed E-state index contributed by atoms with van der Waals surface area (Å²) in [5.74, 6) is 1.87. The zero-order chi connectivity index (χ0) is 43.2. The average molecular weight is 828 g/mol. The third-order valence-corrected chi connectivity index (χ3v) is 13.0. The van der Waals surface area contributed by atoms with Crippen LogP contribution < -0.4 is 0 Å². The summed E-state index contributed by atoms with van der Waals surface area (Å²) >= 11 is 0. The van der Waals surface area contributed by atoms with E-state index in [9.17, 15) is 0 Å². The second-order valence-electron chi connectivity index (χ2n) is 16.7. The van der Waals surface area contributed by atoms with Crippen LogP contribution in [0.2, 0.25) is 0 Å². The van der Waals surface area contributed by atoms with Crippen LogP contribution in [-0.2, 0) is 5.41 Å². The Bertz CT molecular complexity index is 3470. The quantitative estimate of drug-likeness (QED) is 0.153. The smallest absolute Gasteiger partial charge is 0.164 e. The van der Waals surface area contributed by atoms with Crippen molar-refractivity contribution >= 4 is 10.8 Å². The van der Waals surface area contributed by atoms with Gasteiger partial charge in [-0.25, -0.2) is 15.0 Å². The third-order valence-electron chi connectivity index (χ3n) is 13.0. The van der Waals surface area contributed by atoms with E-state index in [-0.39, 0.29) is 0 Å². The molecule has 0 N–H and O–H groups in total. The Kier molecular flexibility index (Phi) is 9.39. The average Bonchev–Trinajstić information content (AvgIpc) is 3.69. The van der Waals surface area contributed by atoms with Gasteiger partial charge in [0.05, 0.1) is 5.41 Å². The van der Waals surface area contributed by atoms with Crippen molar-refractivity contribution in [1.29, 1.82) is 0 Å². The maximum atomic E-state index is 5.24. The number of hydrogen-bond acceptors (Lipinski definition) is 3. The summed E-state index contributed by atoms with van der Waals surface area (Å²) in [6, 6.07) is 89.2. The van der Waals surface area contributed by atoms with Gasteiger partial charge in [-0.15, -0.1) is 0 Å². The van der Waals surface area contributed by atoms with Gasteiger partial charge in [0.1, 0.15) is 0 Å². The van der Waals surface area contributed by atoms with Crippen LogP contribution in [0.25, 0.3) is 89.4 Å². The van der Waals surface area contributed by atoms with Crippen molar-refractivity contribution in [1.82, 2.24) is 15.0 Å². The maximum Gasteiger partial charge on any atom is 0.164 e. The molecule has 0 unspecified atom stereocenters. The molecule has 0 aliphatic heterocycles. The molecule has 1 aliphatic rings. The molecule has 0 amide bonds. The van der Waals surface area contributed by atoms with Crippen LogP contribution in [0.1, 0.15) is 22.3 Å². The molecule has 0 radical (unpaired) electrons. The van der Waals surface area contributed by atoms with E-state index >= 15 is 0 Å². The van der Waals surface area contributed by atoms with Crippen LogP contribution in [0.15, 0.2) is 249 Å². The molecule has 3 heteroatoms. The second kappa shape index (κ2) is 16.0. The molecule has 0 fully saturated rings. The van der Waals surface area contributed by atoms with Gasteiger partial charge in [0.25, 0.3) is 0 Å². The van der Waals surface area contributed by atoms with Gasteiger partial charge in [-0.3, -0.25) is 0 Å². The summed E-state index contributed by atoms with van der Waals surface area (Å²) in [6.07, 6.45) is 0. The topological polar surface area (TPSA) is 38.7 Å². The first-order valence-corrected chi connectivity index (χ1v) is 22.2. The van der Waals surface area contributed by atoms with Crippen molar-refractivity contribution in [3.8, 4) is 78.7 Å². The van der Waals surface area contributed by atoms with E-state index in [4.69, 9.17) is 15.0 Å². The number of nitrogens with zero attached hydrogens (tertiary/aromatic N) is 3. The molecule has 1 aliphatic carbocycles. The molecule has 0 bridgehead atoms. The van der Waals surface area contributed by atoms with Gasteiger partial charge in [-0.1, -0.05) is 237 Å². The normalized spacial score (nSPS) is 12.4. The third kappa shape index (κ3) is 6.56. The van der Waals surface area contributed by atoms with E-state index in [2.05, 4.69) is 224 Å². The van der Waals surface area contributed by atoms with E-state index in [1.807, 2.05) is 24.3 Å². The molecule has 1 heterocycles. The van der Waals surface area contributed by atoms with Gasteiger partial charge in [0, 0.05) is 16.7 Å². The summed E-state index contributed by atoms with van der Waals surface area (Å²) in [6.45, 7) is 0. The molecule has 304 valence electrons. The van der Waals surface area contributed by atoms with E-state index in [0.29, 0.717) is 17.5 Å². The Morgan fingerprint density at radius 3 is 1.38 bits per heavy atom. The summed E-state index contributed by atoms with van der Waals surface area (Å²) in [7, 11) is 0. The highest BCUT2D eigenvalue weighted by Crippen LogP contribution is 2.57. The Morgan fingerprint density at radius 2 is 0.692 bits per heavy atom. The van der Waals surface area contributed by atoms with Crippen LogP contribution in [0, 0.1) is 0 Å². The first-order valence-electron chi connectivity index (χ1n) is 22.2. The monoisotopic (exact) mass is 827 g/mol. The lowest BCUT2D eigenvalue weighted by atomic mass is 9.67. The molecule has 11 aromatic rings. The fourth-order valence-corrected chi connectivity index (χ4v) is 10.0. The van der Waals surface area contributed by atoms with E-state index in [0.717, 1.165) is 44.5 Å². The van der Waals surface area contributed by atoms with Gasteiger partial charge in [-0.2, -0.15) is 0 Å². The van der Waals surface area contributed by atoms with E-state index in [1.165, 1.54) is 49.7 Å². The van der Waals surface area contributed by atoms with Gasteiger partial charge < -0.3 is 0 Å². The minimum Gasteiger partial charge on any atom is -0.208 e. The number of benzene rings is 10. The van der Waals surface area contributed by atoms with Crippen molar-refractivity contribution in [3.63, 3.8) is 0 Å². The molecule has 0 saturated heterocycles. The summed E-state index contributed by atoms with van der Waals surface area (Å²) in [5, 5.41) is 2.37. The fourth-order valence-electron chi connectivity index (χ4n) is 10.0. The molecule has 65 heavy (non-hydrogen) atoms. The molecule has 10 aromatic carbocycles. The Labute approximate surface area is 379 Å². The molecular formula is C62H41N3. The van der Waals surface area contributed by atoms with Crippen molar-refractivity contribution in [2.24, 2.45) is 0 Å². The first kappa shape index (κ1) is 38.2. The molecule has 3 nitrogen and oxygen atoms in total. The molecule has 0 atom stereocenters. The number of aromatic nitrogens is 3. The van der Waals surface area contributed by atoms with Crippen LogP contribution >= 0.6 is 0 Å². The lowest BCUT2D eigenvalue weighted by Crippen LogP contribution is -2.28. The Hall–Kier alpha value is -8.53. The van der Waals surface area contributed by atoms with Crippen molar-refractivity contribution in [2.75, 3.05) is 0 Å². The SMILES string of the molecule is c1ccc(-c2ccc(-c3nc(-c4ccccc4)nc(-c4ccc(-c5ccc6c(c5)C(c5ccccc5)(c5ccccc5)c5ccccc5-6)c(-c5cccc6ccccc56)c4)n3)cc2)cc1. The second-order valence-corrected chi connectivity index (χ2v) is 16.7. The fraction of sp³-hybridized carbons (Fsp3) is 0.0161. The summed E-state index contributed by atoms with van der Waals surface area (Å²) < 4.78 is 0. The van der Waals surface area contributed by atoms with Crippen molar-refractivity contribution < 1.29 is 0 Å². The number of rotatable bonds is 8. The van der Waals surface area contributed by atoms with Crippen molar-refractivity contribution in [3.05, 3.63) is 271 Å². The minimum atomic E-state index is -0.515. The van der Waals surface area contributed by atoms with Crippen molar-refractivity contribution in [2.45, 2.75) is 5.41 Å². The molecule has 1 aromatic heterocycles. The first-order chi connectivity index (χ1) is 32.2. The number of fused-ring (bicyclic) bond motifs is 4. The zero-order valence-corrected chi connectivity index (χ0v) is 35.5. The highest BCUT2D eigenvalue weighted by atomic mass is 15.0. The minimum absolute atomic E-state index is 0.515. The zero-order valence-electron chi connectivity index (χ0n) is 35.5. The lowest BCUT2D eigenvalue weighted by molar-refractivity contribution is 0.769. The van der Waals surface area contributed by atoms with E-state index in [1.54, 1.807) is 0 Å². The molecule has 0 spiro atoms. The van der Waals surface area contributed by atoms with Gasteiger partial charge in [0.2, 0.25) is 0 Å². The maximum absolute atomic E-state index is 5.24. The highest BCUT2D eigenvalue weighted by molar-refractivity contribution is 6.02. The van der Waals surface area contributed by atoms with Crippen LogP contribution in [-0.4, -0.2) is 15.0 Å². The highest BCUT2D eigenvalue weighted by Gasteiger charge is 2.46. The standard InChI is InChI=1S/C62H41N3/c1-5-18-42(19-6-1)43-32-34-46(35-33-43)60-63-59(45-21-7-2-8-22-45)64-61(65-60)48-37-38-52(56(40-48)53-30-17-23-44-20-13-14-28-51(44)53)47-36-39-55-54-29-15-16-31-57(54)62(58(55)41-47,49-24-9-3-10-25-49)50-26-11-4-12-27-50/h1-41H. The number of hydrogen-bond donors (Lipinski definition) is 0. The van der Waals surface area contributed by atoms with Crippen LogP contribution in [0.3, 0.4) is 0 Å². The van der Waals surface area contributed by atoms with Gasteiger partial charge in [-0.05, 0) is 89.7 Å². The predicted molar refractivity (Wildman–Crippen MR) is 267 cm³/mol. The lowest BCUT2D eigenvalue weighted by Gasteiger charge is -2.34. The summed E-state index contributed by atoms with van der Waals surface area (Å²) in [5.41, 5.74) is 16.7. The van der Waals surface area contributed by atoms with E-state index < -0.39 is 5.41 Å². The molecule has 12 rings (SSSR count). The van der Waals surface area contributed by atoms with Crippen LogP contribution in [0.5, 0.6) is 0 Å². The molecular weight excluding hydrogens is 787 g/mol. The van der Waals surface area contributed by atoms with Gasteiger partial charge in [0.15, 0.2) is 17.5 Å². The molecule has 0 saturated carbocycles. The van der Waals surface area contributed by atoms with Crippen LogP contribution in [0.4, 0.5) is 0 Å². The largest absolute Gasteiger partial charge is 0.208 e. The Morgan fingerprint density at radius 1 is 0.246 bits per heavy atom.